The third-order valence-electron chi connectivity index (χ3n) is 15.1. The van der Waals surface area contributed by atoms with Crippen molar-refractivity contribution in [2.75, 3.05) is 40.0 Å². The van der Waals surface area contributed by atoms with E-state index >= 15 is 4.79 Å². The van der Waals surface area contributed by atoms with Crippen molar-refractivity contribution < 1.29 is 29.0 Å². The number of rotatable bonds is 11. The fourth-order valence-corrected chi connectivity index (χ4v) is 12.0. The number of carbonyl (C=O) groups is 3. The Morgan fingerprint density at radius 3 is 2.58 bits per heavy atom. The van der Waals surface area contributed by atoms with Crippen LogP contribution in [0.5, 0.6) is 0 Å². The number of aliphatic hydroxyl groups excluding tert-OH is 1. The van der Waals surface area contributed by atoms with Crippen LogP contribution in [-0.4, -0.2) is 86.1 Å². The summed E-state index contributed by atoms with van der Waals surface area (Å²) in [6.45, 7) is 8.86. The summed E-state index contributed by atoms with van der Waals surface area (Å²) < 4.78 is 12.8. The molecule has 4 bridgehead atoms. The first kappa shape index (κ1) is 41.0. The molecular formula is C45H70N4O6. The number of allylic oxidation sites excluding steroid dienone is 4. The lowest BCUT2D eigenvalue weighted by molar-refractivity contribution is -0.161. The number of nitrogens with one attached hydrogen (secondary N) is 4. The number of carbonyl (C=O) groups excluding carboxylic acids is 3. The van der Waals surface area contributed by atoms with Crippen molar-refractivity contribution in [1.29, 1.82) is 0 Å². The maximum Gasteiger partial charge on any atom is 0.350 e. The number of likely N-dealkylation sites (N-methyl/N-ethyl adjacent to an activating group) is 1. The summed E-state index contributed by atoms with van der Waals surface area (Å²) in [5.41, 5.74) is -0.438. The van der Waals surface area contributed by atoms with Gasteiger partial charge in [0.15, 0.2) is 17.2 Å². The number of aliphatic hydroxyl groups is 1. The van der Waals surface area contributed by atoms with Crippen LogP contribution < -0.4 is 21.3 Å². The number of ketones is 2. The van der Waals surface area contributed by atoms with E-state index in [-0.39, 0.29) is 55.2 Å². The van der Waals surface area contributed by atoms with Gasteiger partial charge in [0, 0.05) is 36.9 Å². The van der Waals surface area contributed by atoms with Gasteiger partial charge in [0.25, 0.3) is 5.60 Å². The van der Waals surface area contributed by atoms with Crippen LogP contribution in [0.15, 0.2) is 34.9 Å². The summed E-state index contributed by atoms with van der Waals surface area (Å²) in [7, 11) is 1.93. The van der Waals surface area contributed by atoms with Gasteiger partial charge in [-0.25, -0.2) is 4.79 Å². The molecule has 55 heavy (non-hydrogen) atoms. The second kappa shape index (κ2) is 17.7. The molecule has 5 unspecified atom stereocenters. The fourth-order valence-electron chi connectivity index (χ4n) is 12.0. The molecule has 306 valence electrons. The molecule has 4 aliphatic carbocycles. The van der Waals surface area contributed by atoms with Crippen LogP contribution in [0.2, 0.25) is 0 Å². The number of hydrogen-bond donors (Lipinski definition) is 5. The van der Waals surface area contributed by atoms with Gasteiger partial charge in [-0.1, -0.05) is 63.3 Å². The lowest BCUT2D eigenvalue weighted by Gasteiger charge is -2.43. The lowest BCUT2D eigenvalue weighted by atomic mass is 9.56. The van der Waals surface area contributed by atoms with E-state index < -0.39 is 29.0 Å². The smallest absolute Gasteiger partial charge is 0.350 e. The van der Waals surface area contributed by atoms with Gasteiger partial charge in [0.05, 0.1) is 19.4 Å². The molecule has 0 amide bonds. The van der Waals surface area contributed by atoms with Crippen molar-refractivity contribution in [3.05, 3.63) is 34.9 Å². The molecule has 0 aromatic heterocycles. The molecule has 2 saturated carbocycles. The number of ether oxygens (including phenoxy) is 2. The molecule has 12 atom stereocenters. The predicted molar refractivity (Wildman–Crippen MR) is 214 cm³/mol. The van der Waals surface area contributed by atoms with E-state index in [4.69, 9.17) is 9.47 Å². The van der Waals surface area contributed by atoms with Crippen LogP contribution >= 0.6 is 0 Å². The second-order valence-corrected chi connectivity index (χ2v) is 18.5. The summed E-state index contributed by atoms with van der Waals surface area (Å²) >= 11 is 0. The van der Waals surface area contributed by atoms with Gasteiger partial charge in [-0.2, -0.15) is 0 Å². The number of piperidine rings is 1. The number of hydrogen-bond acceptors (Lipinski definition) is 10. The first-order valence-corrected chi connectivity index (χ1v) is 22.1. The fraction of sp³-hybridized carbons (Fsp3) is 0.800. The highest BCUT2D eigenvalue weighted by atomic mass is 16.7. The minimum atomic E-state index is -1.95. The zero-order valence-electron chi connectivity index (χ0n) is 34.1. The van der Waals surface area contributed by atoms with Crippen molar-refractivity contribution in [2.45, 2.75) is 140 Å². The highest BCUT2D eigenvalue weighted by Crippen LogP contribution is 2.63. The van der Waals surface area contributed by atoms with Crippen LogP contribution in [0.25, 0.3) is 0 Å². The lowest BCUT2D eigenvalue weighted by Crippen LogP contribution is -2.60. The number of Topliss-reactive ketones (excluding diaryl/α,β-unsaturated/α-hetero) is 2. The maximum atomic E-state index is 15.1. The van der Waals surface area contributed by atoms with Crippen LogP contribution in [0.1, 0.15) is 117 Å². The van der Waals surface area contributed by atoms with Gasteiger partial charge < -0.3 is 30.5 Å². The Labute approximate surface area is 329 Å². The predicted octanol–water partition coefficient (Wildman–Crippen LogP) is 5.51. The van der Waals surface area contributed by atoms with E-state index in [1.54, 1.807) is 0 Å². The molecular weight excluding hydrogens is 693 g/mol. The van der Waals surface area contributed by atoms with Crippen molar-refractivity contribution in [1.82, 2.24) is 21.3 Å². The maximum absolute atomic E-state index is 15.1. The molecule has 3 aliphatic heterocycles. The Morgan fingerprint density at radius 1 is 0.964 bits per heavy atom. The average Bonchev–Trinajstić information content (AvgIpc) is 3.89. The topological polar surface area (TPSA) is 141 Å². The number of fused-ring (bicyclic) bond motifs is 1. The number of esters is 1. The molecule has 0 aromatic carbocycles. The molecule has 1 spiro atoms. The van der Waals surface area contributed by atoms with Crippen LogP contribution in [0.4, 0.5) is 0 Å². The molecule has 10 nitrogen and oxygen atoms in total. The van der Waals surface area contributed by atoms with Gasteiger partial charge in [0.2, 0.25) is 0 Å². The molecule has 0 radical (unpaired) electrons. The summed E-state index contributed by atoms with van der Waals surface area (Å²) in [6.07, 6.45) is 21.2. The van der Waals surface area contributed by atoms with E-state index in [1.807, 2.05) is 14.0 Å². The van der Waals surface area contributed by atoms with E-state index in [0.717, 1.165) is 89.5 Å². The highest BCUT2D eigenvalue weighted by molar-refractivity contribution is 6.23. The standard InChI is InChI=1S/C45H70N4O6/c1-5-47-38-23-32-13-8-12-31-11-7-6-10-28(2)20-33-14-9-15-36-40(33)42(52)45(43(53)54-26-34(38)22-37(31)32)44(55-45,41(36)51)24-35(25-50)29(3)16-17-30-18-19-48-39(21-30)49-27-46-4/h8,13,23,28,30-31,33-34,36-40,46-50H,5-7,9-12,14-22,24-27H2,1-4H3/t28-,30?,31+,33?,34+,36?,37-,38+,39?,40?,44+,45+/m1/s1. The van der Waals surface area contributed by atoms with Gasteiger partial charge in [0.1, 0.15) is 0 Å². The molecule has 5 N–H and O–H groups in total. The molecule has 5 fully saturated rings. The van der Waals surface area contributed by atoms with Crippen LogP contribution in [-0.2, 0) is 23.9 Å². The first-order valence-electron chi connectivity index (χ1n) is 22.1. The Morgan fingerprint density at radius 2 is 1.78 bits per heavy atom. The second-order valence-electron chi connectivity index (χ2n) is 18.5. The quantitative estimate of drug-likeness (QED) is 0.0602. The van der Waals surface area contributed by atoms with Gasteiger partial charge in [-0.05, 0) is 132 Å². The van der Waals surface area contributed by atoms with Crippen molar-refractivity contribution in [2.24, 2.45) is 47.3 Å². The molecule has 7 aliphatic rings. The molecule has 7 rings (SSSR count). The summed E-state index contributed by atoms with van der Waals surface area (Å²) in [5.74, 6) is 0.0183. The summed E-state index contributed by atoms with van der Waals surface area (Å²) in [6, 6.07) is 0.0504. The Hall–Kier alpha value is -2.21. The largest absolute Gasteiger partial charge is 0.463 e. The molecule has 10 heteroatoms. The first-order chi connectivity index (χ1) is 26.6. The number of epoxide rings is 1. The minimum Gasteiger partial charge on any atom is -0.463 e. The van der Waals surface area contributed by atoms with Crippen molar-refractivity contribution >= 4 is 17.5 Å². The van der Waals surface area contributed by atoms with Gasteiger partial charge in [-0.15, -0.1) is 0 Å². The Kier molecular flexibility index (Phi) is 13.2. The van der Waals surface area contributed by atoms with Crippen molar-refractivity contribution in [3.63, 3.8) is 0 Å². The van der Waals surface area contributed by atoms with Gasteiger partial charge in [-0.3, -0.25) is 14.9 Å². The van der Waals surface area contributed by atoms with Crippen LogP contribution in [0.3, 0.4) is 0 Å². The van der Waals surface area contributed by atoms with E-state index in [1.165, 1.54) is 24.8 Å². The Balaban J connectivity index is 1.17. The zero-order valence-corrected chi connectivity index (χ0v) is 34.1. The Bertz CT molecular complexity index is 1510. The molecule has 3 saturated heterocycles. The minimum absolute atomic E-state index is 0.0475. The SMILES string of the molecule is CCN[C@H]1C=C2C=CC[C@@H]3CCCC[C@@H](C)CC4CCCC5C(=O)[C@]6(CC(CO)=C(C)CCC7CCNC(NCNC)C7)O[C@]6(C(=O)OC[C@@H]1C[C@@H]23)C(=O)C45. The highest BCUT2D eigenvalue weighted by Gasteiger charge is 2.87. The van der Waals surface area contributed by atoms with E-state index in [2.05, 4.69) is 53.3 Å². The number of cyclic esters (lactones) is 1. The molecule has 0 aromatic rings. The third-order valence-corrected chi connectivity index (χ3v) is 15.1. The van der Waals surface area contributed by atoms with E-state index in [9.17, 15) is 14.7 Å². The van der Waals surface area contributed by atoms with Crippen molar-refractivity contribution in [3.8, 4) is 0 Å². The normalized spacial score (nSPS) is 41.0. The van der Waals surface area contributed by atoms with Gasteiger partial charge >= 0.3 is 5.97 Å². The average molecular weight is 763 g/mol. The van der Waals surface area contributed by atoms with Crippen LogP contribution in [0, 0.1) is 47.3 Å². The third kappa shape index (κ3) is 8.11. The molecule has 3 heterocycles. The monoisotopic (exact) mass is 763 g/mol. The van der Waals surface area contributed by atoms with E-state index in [0.29, 0.717) is 35.7 Å². The summed E-state index contributed by atoms with van der Waals surface area (Å²) in [4.78, 5) is 44.8. The zero-order chi connectivity index (χ0) is 38.7. The summed E-state index contributed by atoms with van der Waals surface area (Å²) in [5, 5.41) is 24.7.